The molecule has 2 aromatic rings. The van der Waals surface area contributed by atoms with Crippen LogP contribution in [0.3, 0.4) is 0 Å². The van der Waals surface area contributed by atoms with Crippen molar-refractivity contribution >= 4 is 15.9 Å². The highest BCUT2D eigenvalue weighted by atomic mass is 32.2. The number of aryl methyl sites for hydroxylation is 2. The lowest BCUT2D eigenvalue weighted by molar-refractivity contribution is 0.0945. The van der Waals surface area contributed by atoms with Gasteiger partial charge in [-0.25, -0.2) is 12.8 Å². The van der Waals surface area contributed by atoms with E-state index >= 15 is 0 Å². The summed E-state index contributed by atoms with van der Waals surface area (Å²) in [6.45, 7) is 0. The number of fused-ring (bicyclic) bond motifs is 1. The summed E-state index contributed by atoms with van der Waals surface area (Å²) in [6, 6.07) is 9.76. The van der Waals surface area contributed by atoms with Crippen LogP contribution in [0.4, 0.5) is 4.39 Å². The molecule has 3 rings (SSSR count). The Labute approximate surface area is 133 Å². The van der Waals surface area contributed by atoms with Crippen LogP contribution >= 0.6 is 0 Å². The van der Waals surface area contributed by atoms with Crippen LogP contribution in [-0.2, 0) is 22.9 Å². The normalized spacial score (nSPS) is 13.6. The fraction of sp³-hybridized carbons (Fsp3) is 0.188. The lowest BCUT2D eigenvalue weighted by atomic mass is 10.1. The molecule has 2 aromatic carbocycles. The smallest absolute Gasteiger partial charge is 0.266 e. The number of carbonyl (C=O) groups excluding carboxylic acids is 1. The summed E-state index contributed by atoms with van der Waals surface area (Å²) in [5.41, 5.74) is 4.47. The second kappa shape index (κ2) is 6.10. The van der Waals surface area contributed by atoms with Gasteiger partial charge in [0.2, 0.25) is 0 Å². The number of benzene rings is 2. The van der Waals surface area contributed by atoms with E-state index in [0.29, 0.717) is 0 Å². The van der Waals surface area contributed by atoms with Crippen LogP contribution in [-0.4, -0.2) is 14.3 Å². The van der Waals surface area contributed by atoms with Crippen LogP contribution in [0, 0.1) is 5.82 Å². The lowest BCUT2D eigenvalue weighted by Gasteiger charge is -2.10. The minimum Gasteiger partial charge on any atom is -0.273 e. The summed E-state index contributed by atoms with van der Waals surface area (Å²) in [6.07, 6.45) is 2.85. The van der Waals surface area contributed by atoms with E-state index in [-0.39, 0.29) is 10.5 Å². The van der Waals surface area contributed by atoms with Crippen LogP contribution in [0.2, 0.25) is 0 Å². The summed E-state index contributed by atoms with van der Waals surface area (Å²) >= 11 is 0. The van der Waals surface area contributed by atoms with Gasteiger partial charge >= 0.3 is 0 Å². The molecule has 7 heteroatoms. The predicted octanol–water partition coefficient (Wildman–Crippen LogP) is 1.94. The van der Waals surface area contributed by atoms with Crippen molar-refractivity contribution in [2.45, 2.75) is 24.2 Å². The van der Waals surface area contributed by atoms with Crippen LogP contribution < -0.4 is 10.3 Å². The second-order valence-corrected chi connectivity index (χ2v) is 7.03. The van der Waals surface area contributed by atoms with Gasteiger partial charge in [-0.15, -0.1) is 4.83 Å². The van der Waals surface area contributed by atoms with Gasteiger partial charge in [0.25, 0.3) is 15.9 Å². The topological polar surface area (TPSA) is 75.3 Å². The third-order valence-corrected chi connectivity index (χ3v) is 5.03. The van der Waals surface area contributed by atoms with Gasteiger partial charge in [0.1, 0.15) is 5.82 Å². The van der Waals surface area contributed by atoms with E-state index in [4.69, 9.17) is 0 Å². The third kappa shape index (κ3) is 3.40. The van der Waals surface area contributed by atoms with Crippen molar-refractivity contribution < 1.29 is 17.6 Å². The quantitative estimate of drug-likeness (QED) is 0.839. The first-order chi connectivity index (χ1) is 11.0. The standard InChI is InChI=1S/C16H15FN2O3S/c17-14-7-4-12(5-8-14)16(20)18-19-23(21,22)15-9-6-11-2-1-3-13(11)10-15/h4-10,19H,1-3H2,(H,18,20). The zero-order valence-corrected chi connectivity index (χ0v) is 13.0. The van der Waals surface area contributed by atoms with E-state index in [9.17, 15) is 17.6 Å². The number of hydrogen-bond acceptors (Lipinski definition) is 3. The molecule has 0 radical (unpaired) electrons. The van der Waals surface area contributed by atoms with Crippen molar-refractivity contribution in [2.24, 2.45) is 0 Å². The third-order valence-electron chi connectivity index (χ3n) is 3.79. The largest absolute Gasteiger partial charge is 0.273 e. The van der Waals surface area contributed by atoms with E-state index in [1.807, 2.05) is 0 Å². The average molecular weight is 334 g/mol. The van der Waals surface area contributed by atoms with Gasteiger partial charge in [0, 0.05) is 5.56 Å². The molecule has 2 N–H and O–H groups in total. The molecule has 0 saturated heterocycles. The molecule has 0 aliphatic heterocycles. The summed E-state index contributed by atoms with van der Waals surface area (Å²) in [4.78, 5) is 14.0. The van der Waals surface area contributed by atoms with Crippen molar-refractivity contribution in [3.8, 4) is 0 Å². The SMILES string of the molecule is O=C(NNS(=O)(=O)c1ccc2c(c1)CCC2)c1ccc(F)cc1. The summed E-state index contributed by atoms with van der Waals surface area (Å²) in [5, 5.41) is 0. The Morgan fingerprint density at radius 3 is 2.43 bits per heavy atom. The molecule has 5 nitrogen and oxygen atoms in total. The first-order valence-electron chi connectivity index (χ1n) is 7.15. The van der Waals surface area contributed by atoms with E-state index in [1.165, 1.54) is 23.8 Å². The molecule has 0 spiro atoms. The van der Waals surface area contributed by atoms with Crippen molar-refractivity contribution in [3.63, 3.8) is 0 Å². The number of hydrogen-bond donors (Lipinski definition) is 2. The molecule has 1 amide bonds. The molecular formula is C16H15FN2O3S. The van der Waals surface area contributed by atoms with E-state index in [2.05, 4.69) is 10.3 Å². The predicted molar refractivity (Wildman–Crippen MR) is 82.7 cm³/mol. The highest BCUT2D eigenvalue weighted by Crippen LogP contribution is 2.24. The van der Waals surface area contributed by atoms with Crippen LogP contribution in [0.15, 0.2) is 47.4 Å². The van der Waals surface area contributed by atoms with Gasteiger partial charge < -0.3 is 0 Å². The molecule has 1 aliphatic carbocycles. The number of rotatable bonds is 4. The molecule has 0 fully saturated rings. The minimum absolute atomic E-state index is 0.109. The molecule has 0 aromatic heterocycles. The molecule has 0 atom stereocenters. The maximum Gasteiger partial charge on any atom is 0.266 e. The maximum atomic E-state index is 12.8. The van der Waals surface area contributed by atoms with Gasteiger partial charge in [-0.05, 0) is 66.8 Å². The zero-order chi connectivity index (χ0) is 16.4. The van der Waals surface area contributed by atoms with Crippen molar-refractivity contribution in [1.82, 2.24) is 10.3 Å². The monoisotopic (exact) mass is 334 g/mol. The number of halogens is 1. The second-order valence-electron chi connectivity index (χ2n) is 5.35. The maximum absolute atomic E-state index is 12.8. The molecule has 0 saturated carbocycles. The Morgan fingerprint density at radius 1 is 1.00 bits per heavy atom. The molecule has 120 valence electrons. The summed E-state index contributed by atoms with van der Waals surface area (Å²) < 4.78 is 37.3. The Morgan fingerprint density at radius 2 is 1.70 bits per heavy atom. The van der Waals surface area contributed by atoms with Crippen molar-refractivity contribution in [1.29, 1.82) is 0 Å². The summed E-state index contributed by atoms with van der Waals surface area (Å²) in [7, 11) is -3.85. The first-order valence-corrected chi connectivity index (χ1v) is 8.63. The fourth-order valence-corrected chi connectivity index (χ4v) is 3.45. The molecule has 0 unspecified atom stereocenters. The molecule has 0 bridgehead atoms. The molecule has 0 heterocycles. The van der Waals surface area contributed by atoms with E-state index in [0.717, 1.165) is 37.0 Å². The number of nitrogens with one attached hydrogen (secondary N) is 2. The highest BCUT2D eigenvalue weighted by Gasteiger charge is 2.19. The van der Waals surface area contributed by atoms with Crippen LogP contribution in [0.5, 0.6) is 0 Å². The van der Waals surface area contributed by atoms with Gasteiger partial charge in [-0.1, -0.05) is 6.07 Å². The number of sulfonamides is 1. The molecule has 23 heavy (non-hydrogen) atoms. The Bertz CT molecular complexity index is 848. The van der Waals surface area contributed by atoms with E-state index < -0.39 is 21.7 Å². The zero-order valence-electron chi connectivity index (χ0n) is 12.2. The fourth-order valence-electron chi connectivity index (χ4n) is 2.56. The van der Waals surface area contributed by atoms with Crippen LogP contribution in [0.25, 0.3) is 0 Å². The average Bonchev–Trinajstić information content (AvgIpc) is 3.01. The Hall–Kier alpha value is -2.25. The van der Waals surface area contributed by atoms with Crippen LogP contribution in [0.1, 0.15) is 27.9 Å². The Balaban J connectivity index is 1.71. The van der Waals surface area contributed by atoms with Gasteiger partial charge in [0.15, 0.2) is 0 Å². The first kappa shape index (κ1) is 15.6. The van der Waals surface area contributed by atoms with Gasteiger partial charge in [0.05, 0.1) is 4.90 Å². The highest BCUT2D eigenvalue weighted by molar-refractivity contribution is 7.89. The minimum atomic E-state index is -3.85. The van der Waals surface area contributed by atoms with E-state index in [1.54, 1.807) is 12.1 Å². The van der Waals surface area contributed by atoms with Crippen molar-refractivity contribution in [3.05, 3.63) is 65.0 Å². The Kier molecular flexibility index (Phi) is 4.14. The molecule has 1 aliphatic rings. The number of amides is 1. The van der Waals surface area contributed by atoms with Gasteiger partial charge in [-0.3, -0.25) is 10.2 Å². The molecular weight excluding hydrogens is 319 g/mol. The number of carbonyl (C=O) groups is 1. The van der Waals surface area contributed by atoms with Crippen molar-refractivity contribution in [2.75, 3.05) is 0 Å². The van der Waals surface area contributed by atoms with Gasteiger partial charge in [-0.2, -0.15) is 0 Å². The lowest BCUT2D eigenvalue weighted by Crippen LogP contribution is -2.41. The number of hydrazine groups is 1. The summed E-state index contributed by atoms with van der Waals surface area (Å²) in [5.74, 6) is -1.13.